The predicted octanol–water partition coefficient (Wildman–Crippen LogP) is 13.9. The minimum absolute atomic E-state index is 0.0394. The number of rotatable bonds is 7. The Balaban J connectivity index is 0.939. The second-order valence-corrected chi connectivity index (χ2v) is 17.0. The molecule has 0 saturated carbocycles. The lowest BCUT2D eigenvalue weighted by molar-refractivity contribution is 0.754. The van der Waals surface area contributed by atoms with E-state index in [1.807, 2.05) is 72.9 Å². The Labute approximate surface area is 382 Å². The van der Waals surface area contributed by atoms with E-state index in [2.05, 4.69) is 146 Å². The molecule has 0 spiro atoms. The van der Waals surface area contributed by atoms with Crippen LogP contribution in [0.4, 0.5) is 0 Å². The number of benzene rings is 8. The van der Waals surface area contributed by atoms with Crippen LogP contribution in [-0.4, -0.2) is 29.9 Å². The topological polar surface area (TPSA) is 77.3 Å². The molecule has 6 nitrogen and oxygen atoms in total. The number of nitrogens with zero attached hydrogens (tertiary/aromatic N) is 6. The highest BCUT2D eigenvalue weighted by Gasteiger charge is 2.41. The highest BCUT2D eigenvalue weighted by atomic mass is 15.0. The lowest BCUT2D eigenvalue weighted by Crippen LogP contribution is -2.27. The van der Waals surface area contributed by atoms with Crippen LogP contribution in [0.3, 0.4) is 0 Å². The molecule has 3 aliphatic carbocycles. The molecule has 0 fully saturated rings. The van der Waals surface area contributed by atoms with E-state index < -0.39 is 0 Å². The van der Waals surface area contributed by atoms with Crippen LogP contribution in [0.1, 0.15) is 45.2 Å². The third kappa shape index (κ3) is 6.41. The molecular weight excluding hydrogens is 805 g/mol. The van der Waals surface area contributed by atoms with E-state index in [9.17, 15) is 0 Å². The zero-order valence-electron chi connectivity index (χ0n) is 35.6. The standard InChI is InChI=1S/C60H38N6/c1-4-16-37(17-5-1)57-62-53(35-54(63-57)45-24-12-11-23-44(45)43-32-40-22-10-15-27-52(40)61-36-43)41-28-30-48-50(33-41)55-46-25-13-14-26-47(46)56(48)51-34-42(29-31-49(51)55)60-65-58(38-18-6-2-7-19-38)64-59(66-60)39-20-8-3-9-21-39/h1-36,55-56H. The first-order valence-electron chi connectivity index (χ1n) is 22.3. The SMILES string of the molecule is c1ccc(-c2nc(-c3ccc4c(c3)C3c5ccccc5C4c4cc(-c5nc(-c6ccccc6)nc(-c6ccccc6)n5)ccc43)cc(-c3ccccc3-c3cnc4ccccc4c3)n2)cc1. The van der Waals surface area contributed by atoms with Gasteiger partial charge in [-0.15, -0.1) is 0 Å². The molecule has 6 heteroatoms. The van der Waals surface area contributed by atoms with Gasteiger partial charge in [-0.25, -0.2) is 24.9 Å². The number of hydrogen-bond acceptors (Lipinski definition) is 6. The molecule has 0 N–H and O–H groups in total. The van der Waals surface area contributed by atoms with Gasteiger partial charge in [0, 0.05) is 62.4 Å². The minimum Gasteiger partial charge on any atom is -0.256 e. The van der Waals surface area contributed by atoms with Crippen molar-refractivity contribution in [2.75, 3.05) is 0 Å². The Hall–Kier alpha value is -8.74. The first-order valence-corrected chi connectivity index (χ1v) is 22.3. The van der Waals surface area contributed by atoms with E-state index in [0.717, 1.165) is 66.8 Å². The number of fused-ring (bicyclic) bond motifs is 1. The average molecular weight is 843 g/mol. The molecule has 66 heavy (non-hydrogen) atoms. The molecular formula is C60H38N6. The van der Waals surface area contributed by atoms with E-state index in [-0.39, 0.29) is 11.8 Å². The van der Waals surface area contributed by atoms with Crippen molar-refractivity contribution >= 4 is 10.9 Å². The van der Waals surface area contributed by atoms with Gasteiger partial charge in [-0.05, 0) is 69.3 Å². The van der Waals surface area contributed by atoms with Gasteiger partial charge in [0.05, 0.1) is 16.9 Å². The lowest BCUT2D eigenvalue weighted by atomic mass is 9.60. The molecule has 0 aliphatic heterocycles. The summed E-state index contributed by atoms with van der Waals surface area (Å²) in [4.78, 5) is 30.5. The van der Waals surface area contributed by atoms with Crippen molar-refractivity contribution in [3.05, 3.63) is 252 Å². The molecule has 2 atom stereocenters. The first-order chi connectivity index (χ1) is 32.7. The second-order valence-electron chi connectivity index (χ2n) is 17.0. The second kappa shape index (κ2) is 15.5. The molecule has 11 aromatic rings. The number of aromatic nitrogens is 6. The number of hydrogen-bond donors (Lipinski definition) is 0. The Morgan fingerprint density at radius 3 is 1.35 bits per heavy atom. The lowest BCUT2D eigenvalue weighted by Gasteiger charge is -2.42. The number of para-hydroxylation sites is 1. The molecule has 3 heterocycles. The van der Waals surface area contributed by atoms with Crippen LogP contribution in [0.25, 0.3) is 90.1 Å². The summed E-state index contributed by atoms with van der Waals surface area (Å²) in [6.07, 6.45) is 1.96. The van der Waals surface area contributed by atoms with Crippen LogP contribution in [-0.2, 0) is 0 Å². The third-order valence-electron chi connectivity index (χ3n) is 13.2. The quantitative estimate of drug-likeness (QED) is 0.159. The van der Waals surface area contributed by atoms with E-state index in [1.54, 1.807) is 0 Å². The number of pyridine rings is 1. The molecule has 308 valence electrons. The van der Waals surface area contributed by atoms with Gasteiger partial charge < -0.3 is 0 Å². The largest absolute Gasteiger partial charge is 0.256 e. The van der Waals surface area contributed by atoms with Crippen molar-refractivity contribution in [2.45, 2.75) is 11.8 Å². The Morgan fingerprint density at radius 1 is 0.273 bits per heavy atom. The van der Waals surface area contributed by atoms with E-state index in [1.165, 1.54) is 33.4 Å². The summed E-state index contributed by atoms with van der Waals surface area (Å²) in [5, 5.41) is 1.10. The normalized spacial score (nSPS) is 14.4. The van der Waals surface area contributed by atoms with Gasteiger partial charge in [0.1, 0.15) is 0 Å². The predicted molar refractivity (Wildman–Crippen MR) is 264 cm³/mol. The van der Waals surface area contributed by atoms with E-state index >= 15 is 0 Å². The van der Waals surface area contributed by atoms with Crippen LogP contribution in [0.2, 0.25) is 0 Å². The smallest absolute Gasteiger partial charge is 0.164 e. The van der Waals surface area contributed by atoms with Gasteiger partial charge in [0.15, 0.2) is 23.3 Å². The van der Waals surface area contributed by atoms with Crippen molar-refractivity contribution in [3.63, 3.8) is 0 Å². The summed E-state index contributed by atoms with van der Waals surface area (Å²) >= 11 is 0. The molecule has 2 bridgehead atoms. The molecule has 3 aliphatic rings. The summed E-state index contributed by atoms with van der Waals surface area (Å²) in [5.74, 6) is 2.72. The molecule has 3 aromatic heterocycles. The third-order valence-corrected chi connectivity index (χ3v) is 13.2. The fourth-order valence-corrected chi connectivity index (χ4v) is 10.1. The van der Waals surface area contributed by atoms with Gasteiger partial charge >= 0.3 is 0 Å². The van der Waals surface area contributed by atoms with Crippen LogP contribution in [0, 0.1) is 0 Å². The summed E-state index contributed by atoms with van der Waals surface area (Å²) in [6, 6.07) is 74.4. The van der Waals surface area contributed by atoms with Crippen molar-refractivity contribution in [1.29, 1.82) is 0 Å². The fourth-order valence-electron chi connectivity index (χ4n) is 10.1. The van der Waals surface area contributed by atoms with Crippen LogP contribution < -0.4 is 0 Å². The maximum atomic E-state index is 5.30. The van der Waals surface area contributed by atoms with Crippen LogP contribution >= 0.6 is 0 Å². The van der Waals surface area contributed by atoms with E-state index in [0.29, 0.717) is 23.3 Å². The molecule has 0 saturated heterocycles. The van der Waals surface area contributed by atoms with Crippen LogP contribution in [0.15, 0.2) is 219 Å². The maximum absolute atomic E-state index is 5.30. The Bertz CT molecular complexity index is 3610. The zero-order valence-corrected chi connectivity index (χ0v) is 35.6. The fraction of sp³-hybridized carbons (Fsp3) is 0.0333. The van der Waals surface area contributed by atoms with Gasteiger partial charge in [-0.3, -0.25) is 4.98 Å². The molecule has 0 radical (unpaired) electrons. The first kappa shape index (κ1) is 37.8. The molecule has 8 aromatic carbocycles. The maximum Gasteiger partial charge on any atom is 0.164 e. The van der Waals surface area contributed by atoms with Crippen molar-refractivity contribution in [1.82, 2.24) is 29.9 Å². The van der Waals surface area contributed by atoms with Gasteiger partial charge in [0.2, 0.25) is 0 Å². The molecule has 0 amide bonds. The summed E-state index contributed by atoms with van der Waals surface area (Å²) in [7, 11) is 0. The zero-order chi connectivity index (χ0) is 43.6. The van der Waals surface area contributed by atoms with Gasteiger partial charge in [0.25, 0.3) is 0 Å². The summed E-state index contributed by atoms with van der Waals surface area (Å²) in [5.41, 5.74) is 18.6. The molecule has 2 unspecified atom stereocenters. The van der Waals surface area contributed by atoms with E-state index in [4.69, 9.17) is 29.9 Å². The average Bonchev–Trinajstić information content (AvgIpc) is 3.40. The minimum atomic E-state index is 0.0394. The summed E-state index contributed by atoms with van der Waals surface area (Å²) in [6.45, 7) is 0. The van der Waals surface area contributed by atoms with Crippen molar-refractivity contribution < 1.29 is 0 Å². The van der Waals surface area contributed by atoms with Gasteiger partial charge in [-0.2, -0.15) is 0 Å². The van der Waals surface area contributed by atoms with Gasteiger partial charge in [-0.1, -0.05) is 182 Å². The van der Waals surface area contributed by atoms with Crippen molar-refractivity contribution in [2.24, 2.45) is 0 Å². The Morgan fingerprint density at radius 2 is 0.727 bits per heavy atom. The monoisotopic (exact) mass is 842 g/mol. The molecule has 14 rings (SSSR count). The Kier molecular flexibility index (Phi) is 8.88. The highest BCUT2D eigenvalue weighted by molar-refractivity contribution is 5.89. The summed E-state index contributed by atoms with van der Waals surface area (Å²) < 4.78 is 0. The van der Waals surface area contributed by atoms with Crippen LogP contribution in [0.5, 0.6) is 0 Å². The highest BCUT2D eigenvalue weighted by Crippen LogP contribution is 2.56. The van der Waals surface area contributed by atoms with Crippen molar-refractivity contribution in [3.8, 4) is 79.2 Å².